The van der Waals surface area contributed by atoms with Crippen molar-refractivity contribution in [3.63, 3.8) is 0 Å². The number of hydrogen-bond donors (Lipinski definition) is 1. The van der Waals surface area contributed by atoms with Crippen molar-refractivity contribution >= 4 is 40.1 Å². The Bertz CT molecular complexity index is 1040. The van der Waals surface area contributed by atoms with Crippen LogP contribution in [0.15, 0.2) is 36.5 Å². The zero-order valence-electron chi connectivity index (χ0n) is 16.5. The zero-order valence-corrected chi connectivity index (χ0v) is 17.3. The summed E-state index contributed by atoms with van der Waals surface area (Å²) >= 11 is 1.89. The lowest BCUT2D eigenvalue weighted by atomic mass is 10.1. The molecular weight excluding hydrogens is 368 g/mol. The van der Waals surface area contributed by atoms with Crippen molar-refractivity contribution in [3.05, 3.63) is 58.9 Å². The Kier molecular flexibility index (Phi) is 5.22. The number of amides is 1. The van der Waals surface area contributed by atoms with Gasteiger partial charge in [-0.1, -0.05) is 6.07 Å². The molecule has 1 aliphatic rings. The van der Waals surface area contributed by atoms with Gasteiger partial charge in [0.25, 0.3) is 5.91 Å². The van der Waals surface area contributed by atoms with Crippen molar-refractivity contribution in [2.24, 2.45) is 0 Å². The molecule has 0 aliphatic carbocycles. The first-order chi connectivity index (χ1) is 13.5. The number of thioether (sulfide) groups is 1. The van der Waals surface area contributed by atoms with Crippen LogP contribution in [0.4, 0.5) is 11.4 Å². The number of rotatable bonds is 3. The second kappa shape index (κ2) is 7.80. The van der Waals surface area contributed by atoms with Crippen LogP contribution in [-0.4, -0.2) is 45.4 Å². The van der Waals surface area contributed by atoms with E-state index in [-0.39, 0.29) is 5.91 Å². The molecule has 0 atom stereocenters. The van der Waals surface area contributed by atoms with Crippen LogP contribution >= 0.6 is 11.8 Å². The van der Waals surface area contributed by atoms with E-state index in [4.69, 9.17) is 0 Å². The molecule has 28 heavy (non-hydrogen) atoms. The van der Waals surface area contributed by atoms with Crippen LogP contribution in [0.25, 0.3) is 11.0 Å². The molecule has 1 amide bonds. The first-order valence-corrected chi connectivity index (χ1v) is 10.7. The Morgan fingerprint density at radius 1 is 1.07 bits per heavy atom. The predicted molar refractivity (Wildman–Crippen MR) is 117 cm³/mol. The highest BCUT2D eigenvalue weighted by molar-refractivity contribution is 7.99. The van der Waals surface area contributed by atoms with E-state index in [9.17, 15) is 4.79 Å². The third-order valence-electron chi connectivity index (χ3n) is 5.17. The van der Waals surface area contributed by atoms with E-state index in [1.165, 1.54) is 11.1 Å². The largest absolute Gasteiger partial charge is 0.354 e. The Balaban J connectivity index is 1.81. The summed E-state index contributed by atoms with van der Waals surface area (Å²) < 4.78 is 0. The number of aromatic nitrogens is 2. The number of benzene rings is 1. The van der Waals surface area contributed by atoms with E-state index in [1.807, 2.05) is 41.8 Å². The summed E-state index contributed by atoms with van der Waals surface area (Å²) in [4.78, 5) is 24.2. The average Bonchev–Trinajstić information content (AvgIpc) is 2.71. The molecule has 6 heteroatoms. The molecule has 1 saturated heterocycles. The number of carbonyl (C=O) groups is 1. The van der Waals surface area contributed by atoms with Gasteiger partial charge in [-0.2, -0.15) is 11.8 Å². The number of fused-ring (bicyclic) bond motifs is 1. The summed E-state index contributed by atoms with van der Waals surface area (Å²) in [5.41, 5.74) is 6.34. The van der Waals surface area contributed by atoms with Gasteiger partial charge in [-0.3, -0.25) is 4.79 Å². The van der Waals surface area contributed by atoms with Gasteiger partial charge in [0, 0.05) is 47.6 Å². The number of nitrogens with one attached hydrogen (secondary N) is 1. The van der Waals surface area contributed by atoms with E-state index in [0.29, 0.717) is 11.2 Å². The van der Waals surface area contributed by atoms with Crippen molar-refractivity contribution in [2.75, 3.05) is 29.9 Å². The van der Waals surface area contributed by atoms with Crippen LogP contribution in [0, 0.1) is 20.8 Å². The molecule has 0 bridgehead atoms. The normalized spacial score (nSPS) is 14.3. The van der Waals surface area contributed by atoms with E-state index in [2.05, 4.69) is 41.3 Å². The standard InChI is InChI=1S/C22H24N4OS/c1-14-4-6-17(12-15(14)2)25-20-18-7-5-16(3)24-21(18)23-13-19(20)22(27)26-8-10-28-11-9-26/h4-7,12-13H,8-11H2,1-3H3,(H,23,24,25). The van der Waals surface area contributed by atoms with E-state index >= 15 is 0 Å². The maximum atomic E-state index is 13.3. The van der Waals surface area contributed by atoms with Gasteiger partial charge in [0.2, 0.25) is 0 Å². The van der Waals surface area contributed by atoms with Crippen LogP contribution in [0.2, 0.25) is 0 Å². The fourth-order valence-corrected chi connectivity index (χ4v) is 4.27. The summed E-state index contributed by atoms with van der Waals surface area (Å²) in [7, 11) is 0. The molecule has 0 spiro atoms. The fourth-order valence-electron chi connectivity index (χ4n) is 3.37. The van der Waals surface area contributed by atoms with E-state index < -0.39 is 0 Å². The molecule has 144 valence electrons. The minimum Gasteiger partial charge on any atom is -0.354 e. The Labute approximate surface area is 169 Å². The molecule has 1 fully saturated rings. The number of nitrogens with zero attached hydrogens (tertiary/aromatic N) is 3. The van der Waals surface area contributed by atoms with Crippen LogP contribution in [-0.2, 0) is 0 Å². The van der Waals surface area contributed by atoms with E-state index in [1.54, 1.807) is 6.20 Å². The molecule has 0 radical (unpaired) electrons. The Morgan fingerprint density at radius 2 is 1.86 bits per heavy atom. The number of anilines is 2. The summed E-state index contributed by atoms with van der Waals surface area (Å²) in [6.45, 7) is 7.68. The monoisotopic (exact) mass is 392 g/mol. The summed E-state index contributed by atoms with van der Waals surface area (Å²) in [5.74, 6) is 1.99. The Hall–Kier alpha value is -2.60. The van der Waals surface area contributed by atoms with Gasteiger partial charge in [0.05, 0.1) is 11.3 Å². The molecule has 1 aliphatic heterocycles. The SMILES string of the molecule is Cc1ccc2c(Nc3ccc(C)c(C)c3)c(C(=O)N3CCSCC3)cnc2n1. The average molecular weight is 393 g/mol. The Morgan fingerprint density at radius 3 is 2.61 bits per heavy atom. The van der Waals surface area contributed by atoms with Crippen molar-refractivity contribution < 1.29 is 4.79 Å². The third-order valence-corrected chi connectivity index (χ3v) is 6.12. The van der Waals surface area contributed by atoms with Gasteiger partial charge in [0.1, 0.15) is 0 Å². The molecule has 3 aromatic rings. The van der Waals surface area contributed by atoms with Crippen molar-refractivity contribution in [3.8, 4) is 0 Å². The first-order valence-electron chi connectivity index (χ1n) is 9.50. The molecule has 1 N–H and O–H groups in total. The van der Waals surface area contributed by atoms with Gasteiger partial charge in [-0.15, -0.1) is 0 Å². The second-order valence-corrected chi connectivity index (χ2v) is 8.42. The zero-order chi connectivity index (χ0) is 19.7. The quantitative estimate of drug-likeness (QED) is 0.712. The van der Waals surface area contributed by atoms with Gasteiger partial charge in [0.15, 0.2) is 5.65 Å². The molecule has 0 saturated carbocycles. The van der Waals surface area contributed by atoms with Crippen LogP contribution in [0.3, 0.4) is 0 Å². The number of aryl methyl sites for hydroxylation is 3. The molecule has 4 rings (SSSR count). The molecule has 2 aromatic heterocycles. The molecular formula is C22H24N4OS. The first kappa shape index (κ1) is 18.7. The maximum Gasteiger partial charge on any atom is 0.257 e. The highest BCUT2D eigenvalue weighted by Gasteiger charge is 2.23. The van der Waals surface area contributed by atoms with Crippen molar-refractivity contribution in [1.82, 2.24) is 14.9 Å². The summed E-state index contributed by atoms with van der Waals surface area (Å²) in [5, 5.41) is 4.35. The fraction of sp³-hybridized carbons (Fsp3) is 0.318. The summed E-state index contributed by atoms with van der Waals surface area (Å²) in [6.07, 6.45) is 1.67. The van der Waals surface area contributed by atoms with Crippen LogP contribution in [0.1, 0.15) is 27.2 Å². The molecule has 1 aromatic carbocycles. The van der Waals surface area contributed by atoms with Crippen LogP contribution < -0.4 is 5.32 Å². The van der Waals surface area contributed by atoms with E-state index in [0.717, 1.165) is 47.1 Å². The minimum absolute atomic E-state index is 0.0293. The molecule has 5 nitrogen and oxygen atoms in total. The number of pyridine rings is 2. The highest BCUT2D eigenvalue weighted by Crippen LogP contribution is 2.30. The number of hydrogen-bond acceptors (Lipinski definition) is 5. The highest BCUT2D eigenvalue weighted by atomic mass is 32.2. The third kappa shape index (κ3) is 3.69. The molecule has 0 unspecified atom stereocenters. The smallest absolute Gasteiger partial charge is 0.257 e. The lowest BCUT2D eigenvalue weighted by Crippen LogP contribution is -2.38. The maximum absolute atomic E-state index is 13.3. The van der Waals surface area contributed by atoms with Gasteiger partial charge in [-0.05, 0) is 56.2 Å². The number of carbonyl (C=O) groups excluding carboxylic acids is 1. The minimum atomic E-state index is 0.0293. The van der Waals surface area contributed by atoms with Crippen LogP contribution in [0.5, 0.6) is 0 Å². The van der Waals surface area contributed by atoms with Gasteiger partial charge >= 0.3 is 0 Å². The lowest BCUT2D eigenvalue weighted by Gasteiger charge is -2.27. The van der Waals surface area contributed by atoms with Crippen molar-refractivity contribution in [2.45, 2.75) is 20.8 Å². The topological polar surface area (TPSA) is 58.1 Å². The second-order valence-electron chi connectivity index (χ2n) is 7.20. The predicted octanol–water partition coefficient (Wildman–Crippen LogP) is 4.49. The van der Waals surface area contributed by atoms with Gasteiger partial charge in [-0.25, -0.2) is 9.97 Å². The lowest BCUT2D eigenvalue weighted by molar-refractivity contribution is 0.0773. The molecule has 3 heterocycles. The van der Waals surface area contributed by atoms with Gasteiger partial charge < -0.3 is 10.2 Å². The van der Waals surface area contributed by atoms with Crippen molar-refractivity contribution in [1.29, 1.82) is 0 Å². The summed E-state index contributed by atoms with van der Waals surface area (Å²) in [6, 6.07) is 10.2.